The molecule has 19 heteroatoms. The third-order valence-corrected chi connectivity index (χ3v) is 6.49. The number of hydrogen-bond acceptors (Lipinski definition) is 8. The zero-order valence-corrected chi connectivity index (χ0v) is 25.2. The number of aromatic nitrogens is 2. The van der Waals surface area contributed by atoms with Crippen LogP contribution in [0.3, 0.4) is 0 Å². The first-order valence-corrected chi connectivity index (χ1v) is 12.6. The maximum atomic E-state index is 12.6. The molecule has 1 aromatic heterocycles. The molecular formula is C23H21Cl5N6O8. The summed E-state index contributed by atoms with van der Waals surface area (Å²) in [7, 11) is 2.26. The molecule has 0 bridgehead atoms. The number of anilines is 4. The number of methoxy groups -OCH3 is 2. The molecular weight excluding hydrogens is 666 g/mol. The third kappa shape index (κ3) is 8.36. The number of nitrogens with zero attached hydrogens (tertiary/aromatic N) is 2. The summed E-state index contributed by atoms with van der Waals surface area (Å²) in [6.45, 7) is -0.460. The predicted molar refractivity (Wildman–Crippen MR) is 150 cm³/mol. The van der Waals surface area contributed by atoms with Crippen molar-refractivity contribution in [3.8, 4) is 11.5 Å². The van der Waals surface area contributed by atoms with E-state index in [1.54, 1.807) is 0 Å². The van der Waals surface area contributed by atoms with Gasteiger partial charge in [-0.3, -0.25) is 20.2 Å². The number of phenolic OH excluding ortho intramolecular Hbond substituents is 2. The lowest BCUT2D eigenvalue weighted by atomic mass is 10.2. The predicted octanol–water partition coefficient (Wildman–Crippen LogP) is 1.44. The molecule has 0 saturated carbocycles. The van der Waals surface area contributed by atoms with Gasteiger partial charge in [-0.05, 0) is 12.1 Å². The molecule has 226 valence electrons. The van der Waals surface area contributed by atoms with E-state index in [0.29, 0.717) is 0 Å². The monoisotopic (exact) mass is 684 g/mol. The van der Waals surface area contributed by atoms with Gasteiger partial charge in [0.25, 0.3) is 11.8 Å². The molecule has 0 unspecified atom stereocenters. The molecule has 4 amide bonds. The molecule has 0 radical (unpaired) electrons. The van der Waals surface area contributed by atoms with Gasteiger partial charge in [-0.1, -0.05) is 46.4 Å². The van der Waals surface area contributed by atoms with Crippen LogP contribution in [0.4, 0.5) is 32.3 Å². The average molecular weight is 687 g/mol. The van der Waals surface area contributed by atoms with Crippen LogP contribution in [-0.2, 0) is 32.2 Å². The van der Waals surface area contributed by atoms with Crippen molar-refractivity contribution in [2.24, 2.45) is 0 Å². The van der Waals surface area contributed by atoms with Gasteiger partial charge < -0.3 is 42.7 Å². The van der Waals surface area contributed by atoms with E-state index in [2.05, 4.69) is 30.7 Å². The number of halogens is 5. The summed E-state index contributed by atoms with van der Waals surface area (Å²) >= 11 is 24.3. The van der Waals surface area contributed by atoms with E-state index in [1.807, 2.05) is 0 Å². The van der Waals surface area contributed by atoms with Crippen LogP contribution in [0.15, 0.2) is 30.9 Å². The Morgan fingerprint density at radius 1 is 0.810 bits per heavy atom. The highest BCUT2D eigenvalue weighted by atomic mass is 35.5. The zero-order valence-electron chi connectivity index (χ0n) is 21.4. The lowest BCUT2D eigenvalue weighted by Gasteiger charge is -2.14. The normalized spacial score (nSPS) is 10.2. The van der Waals surface area contributed by atoms with Gasteiger partial charge in [0.2, 0.25) is 6.33 Å². The van der Waals surface area contributed by atoms with Crippen molar-refractivity contribution < 1.29 is 55.8 Å². The molecule has 0 aliphatic carbocycles. The van der Waals surface area contributed by atoms with Gasteiger partial charge in [-0.25, -0.2) is 18.7 Å². The molecule has 14 nitrogen and oxygen atoms in total. The van der Waals surface area contributed by atoms with E-state index < -0.39 is 35.5 Å². The number of benzene rings is 2. The largest absolute Gasteiger partial charge is 1.00 e. The second kappa shape index (κ2) is 14.9. The van der Waals surface area contributed by atoms with E-state index in [4.69, 9.17) is 46.4 Å². The van der Waals surface area contributed by atoms with E-state index in [9.17, 15) is 29.4 Å². The van der Waals surface area contributed by atoms with Crippen molar-refractivity contribution in [3.63, 3.8) is 0 Å². The van der Waals surface area contributed by atoms with Crippen LogP contribution in [0.1, 0.15) is 0 Å². The van der Waals surface area contributed by atoms with Crippen molar-refractivity contribution in [2.75, 3.05) is 35.5 Å². The summed E-state index contributed by atoms with van der Waals surface area (Å²) in [5, 5.41) is 29.3. The number of carbonyl (C=O) groups excluding carboxylic acids is 4. The molecule has 2 aromatic carbocycles. The highest BCUT2D eigenvalue weighted by Gasteiger charge is 2.22. The summed E-state index contributed by atoms with van der Waals surface area (Å²) in [4.78, 5) is 48.0. The van der Waals surface area contributed by atoms with Crippen molar-refractivity contribution in [1.82, 2.24) is 4.57 Å². The van der Waals surface area contributed by atoms with E-state index in [-0.39, 0.29) is 68.3 Å². The van der Waals surface area contributed by atoms with Gasteiger partial charge >= 0.3 is 12.2 Å². The molecule has 0 saturated heterocycles. The minimum atomic E-state index is -0.866. The van der Waals surface area contributed by atoms with Crippen LogP contribution >= 0.6 is 46.4 Å². The minimum Gasteiger partial charge on any atom is -1.00 e. The first-order valence-electron chi connectivity index (χ1n) is 11.1. The molecule has 3 aromatic rings. The molecule has 1 heterocycles. The van der Waals surface area contributed by atoms with Gasteiger partial charge in [-0.15, -0.1) is 0 Å². The summed E-state index contributed by atoms with van der Waals surface area (Å²) in [5.74, 6) is -2.23. The second-order valence-electron chi connectivity index (χ2n) is 7.97. The molecule has 0 aliphatic rings. The van der Waals surface area contributed by atoms with Gasteiger partial charge in [-0.2, -0.15) is 0 Å². The SMILES string of the molecule is COC(=O)Nc1c(Cl)cc(NC(=O)Cn2cc[n+](CC(=O)Nc3cc(Cl)c(NC(=O)OC)c(Cl)c3O)c2)c(O)c1Cl.[Cl-]. The Hall–Kier alpha value is -3.82. The van der Waals surface area contributed by atoms with Gasteiger partial charge in [0.1, 0.15) is 22.4 Å². The molecule has 42 heavy (non-hydrogen) atoms. The summed E-state index contributed by atoms with van der Waals surface area (Å²) in [6, 6.07) is 2.39. The number of carbonyl (C=O) groups is 4. The number of ether oxygens (including phenoxy) is 2. The number of amides is 4. The number of phenols is 2. The minimum absolute atomic E-state index is 0. The Morgan fingerprint density at radius 3 is 1.71 bits per heavy atom. The summed E-state index contributed by atoms with van der Waals surface area (Å²) in [6.07, 6.45) is 2.74. The van der Waals surface area contributed by atoms with Gasteiger partial charge in [0.05, 0.1) is 47.0 Å². The van der Waals surface area contributed by atoms with Crippen LogP contribution in [0.25, 0.3) is 0 Å². The first kappa shape index (κ1) is 34.4. The summed E-state index contributed by atoms with van der Waals surface area (Å²) in [5.41, 5.74) is -0.423. The molecule has 0 spiro atoms. The van der Waals surface area contributed by atoms with E-state index in [0.717, 1.165) is 14.2 Å². The van der Waals surface area contributed by atoms with Crippen molar-refractivity contribution in [3.05, 3.63) is 50.9 Å². The van der Waals surface area contributed by atoms with E-state index in [1.165, 1.54) is 40.0 Å². The fourth-order valence-corrected chi connectivity index (χ4v) is 4.38. The zero-order chi connectivity index (χ0) is 30.4. The Morgan fingerprint density at radius 2 is 1.26 bits per heavy atom. The van der Waals surface area contributed by atoms with Gasteiger partial charge in [0, 0.05) is 0 Å². The van der Waals surface area contributed by atoms with Gasteiger partial charge in [0.15, 0.2) is 24.6 Å². The topological polar surface area (TPSA) is 184 Å². The van der Waals surface area contributed by atoms with Crippen LogP contribution in [0.5, 0.6) is 11.5 Å². The lowest BCUT2D eigenvalue weighted by molar-refractivity contribution is -0.683. The lowest BCUT2D eigenvalue weighted by Crippen LogP contribution is -3.00. The molecule has 0 fully saturated rings. The standard InChI is InChI=1S/C23H20Cl4N6O8.ClH/c1-40-22(38)30-18-10(24)5-12(20(36)16(18)26)28-14(34)7-32-3-4-33(9-32)8-15(35)29-13-6-11(25)19(17(27)21(13)37)31-23(39)41-2;/h3-6,9H,7-8H2,1-2H3,(H5-,28,29,30,31,34,35,36,37,38,39);1H. The van der Waals surface area contributed by atoms with Crippen LogP contribution in [0, 0.1) is 0 Å². The second-order valence-corrected chi connectivity index (χ2v) is 9.55. The highest BCUT2D eigenvalue weighted by Crippen LogP contribution is 2.44. The quantitative estimate of drug-likeness (QED) is 0.152. The smallest absolute Gasteiger partial charge is 0.411 e. The Labute approximate surface area is 263 Å². The third-order valence-electron chi connectivity index (χ3n) is 5.16. The fourth-order valence-electron chi connectivity index (χ4n) is 3.28. The van der Waals surface area contributed by atoms with Crippen molar-refractivity contribution in [1.29, 1.82) is 0 Å². The molecule has 0 atom stereocenters. The number of nitrogens with one attached hydrogen (secondary N) is 4. The molecule has 6 N–H and O–H groups in total. The van der Waals surface area contributed by atoms with Crippen LogP contribution in [-0.4, -0.2) is 53.0 Å². The van der Waals surface area contributed by atoms with E-state index >= 15 is 0 Å². The Bertz CT molecular complexity index is 1420. The highest BCUT2D eigenvalue weighted by molar-refractivity contribution is 6.42. The Kier molecular flexibility index (Phi) is 12.2. The first-order chi connectivity index (χ1) is 19.3. The van der Waals surface area contributed by atoms with Crippen LogP contribution < -0.4 is 38.2 Å². The maximum Gasteiger partial charge on any atom is 0.411 e. The fraction of sp³-hybridized carbons (Fsp3) is 0.174. The molecule has 3 rings (SSSR count). The van der Waals surface area contributed by atoms with Crippen molar-refractivity contribution in [2.45, 2.75) is 13.1 Å². The van der Waals surface area contributed by atoms with Crippen molar-refractivity contribution >= 4 is 93.2 Å². The number of imidazole rings is 1. The summed E-state index contributed by atoms with van der Waals surface area (Å²) < 4.78 is 11.8. The number of aromatic hydroxyl groups is 2. The Balaban J connectivity index is 0.00000616. The number of rotatable bonds is 8. The maximum absolute atomic E-state index is 12.6. The average Bonchev–Trinajstić information content (AvgIpc) is 3.36. The van der Waals surface area contributed by atoms with Crippen LogP contribution in [0.2, 0.25) is 20.1 Å². The molecule has 0 aliphatic heterocycles. The number of hydrogen-bond donors (Lipinski definition) is 6.